The van der Waals surface area contributed by atoms with Gasteiger partial charge < -0.3 is 9.47 Å². The minimum atomic E-state index is -1.31. The third-order valence-electron chi connectivity index (χ3n) is 1.97. The second-order valence-electron chi connectivity index (χ2n) is 3.31. The van der Waals surface area contributed by atoms with Gasteiger partial charge in [0, 0.05) is 6.42 Å². The predicted octanol–water partition coefficient (Wildman–Crippen LogP) is 3.46. The molecule has 0 N–H and O–H groups in total. The predicted molar refractivity (Wildman–Crippen MR) is 59.0 cm³/mol. The fourth-order valence-corrected chi connectivity index (χ4v) is 1.53. The first-order valence-electron chi connectivity index (χ1n) is 4.44. The Hall–Kier alpha value is 0.530. The molecule has 1 aliphatic heterocycles. The van der Waals surface area contributed by atoms with E-state index in [9.17, 15) is 0 Å². The van der Waals surface area contributed by atoms with Crippen molar-refractivity contribution in [3.05, 3.63) is 12.2 Å². The van der Waals surface area contributed by atoms with Gasteiger partial charge in [-0.15, -0.1) is 0 Å². The molecule has 0 aromatic carbocycles. The second kappa shape index (κ2) is 5.04. The molecule has 0 atom stereocenters. The Morgan fingerprint density at radius 1 is 1.29 bits per heavy atom. The first kappa shape index (κ1) is 12.6. The van der Waals surface area contributed by atoms with Crippen molar-refractivity contribution in [1.82, 2.24) is 0 Å². The number of allylic oxidation sites excluding steroid dienone is 2. The van der Waals surface area contributed by atoms with E-state index in [1.807, 2.05) is 13.0 Å². The molecule has 0 aromatic rings. The molecule has 0 aliphatic carbocycles. The van der Waals surface area contributed by atoms with E-state index in [0.29, 0.717) is 13.2 Å². The number of ether oxygens (including phenoxy) is 2. The van der Waals surface area contributed by atoms with Gasteiger partial charge in [-0.2, -0.15) is 0 Å². The van der Waals surface area contributed by atoms with Crippen LogP contribution in [0.5, 0.6) is 0 Å². The van der Waals surface area contributed by atoms with E-state index in [1.54, 1.807) is 0 Å². The van der Waals surface area contributed by atoms with Crippen LogP contribution in [0.2, 0.25) is 0 Å². The SMILES string of the molecule is CC1(CC/C=C/C(Cl)(Cl)Cl)OCCO1. The molecule has 14 heavy (non-hydrogen) atoms. The van der Waals surface area contributed by atoms with Crippen LogP contribution in [-0.2, 0) is 9.47 Å². The summed E-state index contributed by atoms with van der Waals surface area (Å²) in [6.45, 7) is 3.23. The van der Waals surface area contributed by atoms with Gasteiger partial charge in [-0.25, -0.2) is 0 Å². The van der Waals surface area contributed by atoms with Gasteiger partial charge in [0.05, 0.1) is 13.2 Å². The van der Waals surface area contributed by atoms with Crippen LogP contribution in [0.15, 0.2) is 12.2 Å². The standard InChI is InChI=1S/C9H13Cl3O2/c1-8(13-6-7-14-8)4-2-3-5-9(10,11)12/h3,5H,2,4,6-7H2,1H3/b5-3+. The van der Waals surface area contributed by atoms with Crippen molar-refractivity contribution in [1.29, 1.82) is 0 Å². The monoisotopic (exact) mass is 258 g/mol. The Balaban J connectivity index is 2.24. The molecule has 0 saturated carbocycles. The lowest BCUT2D eigenvalue weighted by atomic mass is 10.1. The Morgan fingerprint density at radius 3 is 2.36 bits per heavy atom. The molecule has 1 aliphatic rings. The molecule has 0 unspecified atom stereocenters. The summed E-state index contributed by atoms with van der Waals surface area (Å²) < 4.78 is 9.53. The Bertz CT molecular complexity index is 205. The van der Waals surface area contributed by atoms with E-state index in [0.717, 1.165) is 12.8 Å². The lowest BCUT2D eigenvalue weighted by Gasteiger charge is -2.21. The van der Waals surface area contributed by atoms with Crippen molar-refractivity contribution in [2.24, 2.45) is 0 Å². The summed E-state index contributed by atoms with van der Waals surface area (Å²) in [5, 5.41) is 0. The van der Waals surface area contributed by atoms with E-state index in [-0.39, 0.29) is 0 Å². The van der Waals surface area contributed by atoms with Crippen LogP contribution in [0.25, 0.3) is 0 Å². The van der Waals surface area contributed by atoms with Gasteiger partial charge >= 0.3 is 0 Å². The molecule has 0 radical (unpaired) electrons. The summed E-state index contributed by atoms with van der Waals surface area (Å²) in [5.74, 6) is -0.460. The third-order valence-corrected chi connectivity index (χ3v) is 2.35. The van der Waals surface area contributed by atoms with Crippen molar-refractivity contribution < 1.29 is 9.47 Å². The number of hydrogen-bond donors (Lipinski definition) is 0. The summed E-state index contributed by atoms with van der Waals surface area (Å²) in [4.78, 5) is 0. The number of halogens is 3. The molecule has 1 fully saturated rings. The fourth-order valence-electron chi connectivity index (χ4n) is 1.26. The molecule has 1 heterocycles. The lowest BCUT2D eigenvalue weighted by Crippen LogP contribution is -2.24. The molecule has 2 nitrogen and oxygen atoms in total. The molecule has 82 valence electrons. The van der Waals surface area contributed by atoms with Crippen LogP contribution in [0.1, 0.15) is 19.8 Å². The zero-order valence-corrected chi connectivity index (χ0v) is 10.2. The summed E-state index contributed by atoms with van der Waals surface area (Å²) in [6, 6.07) is 0. The molecule has 5 heteroatoms. The second-order valence-corrected chi connectivity index (χ2v) is 5.68. The smallest absolute Gasteiger partial charge is 0.209 e. The Morgan fingerprint density at radius 2 is 1.86 bits per heavy atom. The Labute approximate surface area is 99.1 Å². The Kier molecular flexibility index (Phi) is 4.54. The highest BCUT2D eigenvalue weighted by Gasteiger charge is 2.29. The van der Waals surface area contributed by atoms with Gasteiger partial charge in [0.25, 0.3) is 0 Å². The maximum Gasteiger partial charge on any atom is 0.209 e. The summed E-state index contributed by atoms with van der Waals surface area (Å²) in [6.07, 6.45) is 4.90. The van der Waals surface area contributed by atoms with Crippen molar-refractivity contribution in [2.75, 3.05) is 13.2 Å². The average molecular weight is 260 g/mol. The lowest BCUT2D eigenvalue weighted by molar-refractivity contribution is -0.145. The quantitative estimate of drug-likeness (QED) is 0.571. The topological polar surface area (TPSA) is 18.5 Å². The van der Waals surface area contributed by atoms with Crippen LogP contribution >= 0.6 is 34.8 Å². The molecular formula is C9H13Cl3O2. The van der Waals surface area contributed by atoms with E-state index in [2.05, 4.69) is 0 Å². The molecule has 1 saturated heterocycles. The average Bonchev–Trinajstić information content (AvgIpc) is 2.45. The highest BCUT2D eigenvalue weighted by molar-refractivity contribution is 6.68. The fraction of sp³-hybridized carbons (Fsp3) is 0.778. The normalized spacial score (nSPS) is 22.0. The van der Waals surface area contributed by atoms with Gasteiger partial charge in [0.2, 0.25) is 3.79 Å². The maximum absolute atomic E-state index is 5.54. The largest absolute Gasteiger partial charge is 0.348 e. The van der Waals surface area contributed by atoms with Crippen LogP contribution in [0, 0.1) is 0 Å². The van der Waals surface area contributed by atoms with E-state index in [4.69, 9.17) is 44.3 Å². The van der Waals surface area contributed by atoms with Crippen molar-refractivity contribution >= 4 is 34.8 Å². The van der Waals surface area contributed by atoms with Gasteiger partial charge in [-0.3, -0.25) is 0 Å². The molecule has 1 rings (SSSR count). The van der Waals surface area contributed by atoms with E-state index in [1.165, 1.54) is 6.08 Å². The first-order chi connectivity index (χ1) is 6.41. The summed E-state index contributed by atoms with van der Waals surface area (Å²) in [7, 11) is 0. The van der Waals surface area contributed by atoms with Crippen molar-refractivity contribution in [2.45, 2.75) is 29.3 Å². The number of rotatable bonds is 3. The van der Waals surface area contributed by atoms with Gasteiger partial charge in [0.15, 0.2) is 5.79 Å². The summed E-state index contributed by atoms with van der Waals surface area (Å²) >= 11 is 16.6. The molecule has 0 amide bonds. The van der Waals surface area contributed by atoms with Crippen molar-refractivity contribution in [3.8, 4) is 0 Å². The van der Waals surface area contributed by atoms with E-state index >= 15 is 0 Å². The molecule has 0 aromatic heterocycles. The van der Waals surface area contributed by atoms with Crippen LogP contribution < -0.4 is 0 Å². The zero-order chi connectivity index (χ0) is 10.7. The third kappa shape index (κ3) is 4.85. The molecular weight excluding hydrogens is 246 g/mol. The van der Waals surface area contributed by atoms with Crippen LogP contribution in [0.3, 0.4) is 0 Å². The van der Waals surface area contributed by atoms with Gasteiger partial charge in [0.1, 0.15) is 0 Å². The van der Waals surface area contributed by atoms with Crippen molar-refractivity contribution in [3.63, 3.8) is 0 Å². The minimum Gasteiger partial charge on any atom is -0.348 e. The van der Waals surface area contributed by atoms with E-state index < -0.39 is 9.58 Å². The molecule has 0 bridgehead atoms. The molecule has 0 spiro atoms. The number of hydrogen-bond acceptors (Lipinski definition) is 2. The number of alkyl halides is 3. The van der Waals surface area contributed by atoms with Gasteiger partial charge in [-0.1, -0.05) is 40.9 Å². The highest BCUT2D eigenvalue weighted by atomic mass is 35.6. The zero-order valence-electron chi connectivity index (χ0n) is 7.93. The van der Waals surface area contributed by atoms with Crippen LogP contribution in [0.4, 0.5) is 0 Å². The van der Waals surface area contributed by atoms with Gasteiger partial charge in [-0.05, 0) is 19.4 Å². The van der Waals surface area contributed by atoms with Crippen LogP contribution in [-0.4, -0.2) is 22.8 Å². The first-order valence-corrected chi connectivity index (χ1v) is 5.57. The maximum atomic E-state index is 5.54. The minimum absolute atomic E-state index is 0.460. The summed E-state index contributed by atoms with van der Waals surface area (Å²) in [5.41, 5.74) is 0. The highest BCUT2D eigenvalue weighted by Crippen LogP contribution is 2.29.